The van der Waals surface area contributed by atoms with Gasteiger partial charge in [0.05, 0.1) is 30.9 Å². The van der Waals surface area contributed by atoms with Crippen molar-refractivity contribution in [2.24, 2.45) is 5.73 Å². The molecule has 0 saturated carbocycles. The number of nitrogens with two attached hydrogens (primary N) is 1. The summed E-state index contributed by atoms with van der Waals surface area (Å²) in [6.07, 6.45) is 4.07. The third-order valence-corrected chi connectivity index (χ3v) is 4.08. The van der Waals surface area contributed by atoms with Gasteiger partial charge in [-0.25, -0.2) is 9.59 Å². The number of ether oxygens (including phenoxy) is 3. The van der Waals surface area contributed by atoms with Gasteiger partial charge >= 0.3 is 12.1 Å². The summed E-state index contributed by atoms with van der Waals surface area (Å²) in [6, 6.07) is -0.976. The van der Waals surface area contributed by atoms with Crippen LogP contribution in [0.3, 0.4) is 0 Å². The zero-order valence-electron chi connectivity index (χ0n) is 15.3. The molecule has 1 rings (SSSR count). The van der Waals surface area contributed by atoms with Gasteiger partial charge in [0.15, 0.2) is 0 Å². The molecule has 7 nitrogen and oxygen atoms in total. The summed E-state index contributed by atoms with van der Waals surface area (Å²) in [4.78, 5) is 24.0. The zero-order chi connectivity index (χ0) is 18.8. The van der Waals surface area contributed by atoms with Crippen LogP contribution in [0.1, 0.15) is 40.0 Å². The van der Waals surface area contributed by atoms with Crippen LogP contribution in [0, 0.1) is 0 Å². The fraction of sp³-hybridized carbons (Fsp3) is 0.667. The monoisotopic (exact) mass is 354 g/mol. The SMILES string of the molecule is C=CCOC(=O)N[C@H]1CC(C(=O)OCC)=C[C@@H](OC(CC)CC)[C@@H]1N. The van der Waals surface area contributed by atoms with Crippen LogP contribution in [-0.2, 0) is 19.0 Å². The smallest absolute Gasteiger partial charge is 0.407 e. The van der Waals surface area contributed by atoms with E-state index >= 15 is 0 Å². The molecule has 7 heteroatoms. The minimum Gasteiger partial charge on any atom is -0.463 e. The molecule has 0 fully saturated rings. The van der Waals surface area contributed by atoms with Crippen LogP contribution < -0.4 is 11.1 Å². The first kappa shape index (κ1) is 21.2. The normalized spacial score (nSPS) is 22.9. The molecule has 0 aliphatic heterocycles. The molecule has 1 aliphatic carbocycles. The van der Waals surface area contributed by atoms with Crippen LogP contribution in [0.15, 0.2) is 24.3 Å². The molecule has 1 aliphatic rings. The number of carbonyl (C=O) groups is 2. The van der Waals surface area contributed by atoms with Crippen LogP contribution in [0.4, 0.5) is 4.79 Å². The molecular formula is C18H30N2O5. The molecule has 25 heavy (non-hydrogen) atoms. The molecule has 0 spiro atoms. The van der Waals surface area contributed by atoms with Crippen molar-refractivity contribution in [1.82, 2.24) is 5.32 Å². The maximum absolute atomic E-state index is 12.1. The third kappa shape index (κ3) is 6.51. The molecule has 142 valence electrons. The average molecular weight is 354 g/mol. The Bertz CT molecular complexity index is 488. The van der Waals surface area contributed by atoms with E-state index < -0.39 is 30.3 Å². The van der Waals surface area contributed by atoms with Crippen molar-refractivity contribution >= 4 is 12.1 Å². The summed E-state index contributed by atoms with van der Waals surface area (Å²) < 4.78 is 16.1. The fourth-order valence-corrected chi connectivity index (χ4v) is 2.66. The summed E-state index contributed by atoms with van der Waals surface area (Å²) >= 11 is 0. The predicted octanol–water partition coefficient (Wildman–Crippen LogP) is 2.06. The highest BCUT2D eigenvalue weighted by Gasteiger charge is 2.36. The van der Waals surface area contributed by atoms with E-state index in [1.807, 2.05) is 13.8 Å². The van der Waals surface area contributed by atoms with E-state index in [0.29, 0.717) is 5.57 Å². The minimum absolute atomic E-state index is 0.0298. The van der Waals surface area contributed by atoms with Gasteiger partial charge in [0.2, 0.25) is 0 Å². The lowest BCUT2D eigenvalue weighted by Crippen LogP contribution is -2.56. The quantitative estimate of drug-likeness (QED) is 0.486. The molecule has 0 aromatic heterocycles. The fourth-order valence-electron chi connectivity index (χ4n) is 2.66. The molecule has 0 heterocycles. The van der Waals surface area contributed by atoms with Crippen LogP contribution in [0.25, 0.3) is 0 Å². The van der Waals surface area contributed by atoms with Gasteiger partial charge < -0.3 is 25.3 Å². The molecule has 3 N–H and O–H groups in total. The summed E-state index contributed by atoms with van der Waals surface area (Å²) in [5, 5.41) is 2.71. The number of carbonyl (C=O) groups excluding carboxylic acids is 2. The Morgan fingerprint density at radius 1 is 1.36 bits per heavy atom. The first-order chi connectivity index (χ1) is 12.0. The third-order valence-electron chi connectivity index (χ3n) is 4.08. The summed E-state index contributed by atoms with van der Waals surface area (Å²) in [7, 11) is 0. The topological polar surface area (TPSA) is 99.9 Å². The highest BCUT2D eigenvalue weighted by atomic mass is 16.5. The minimum atomic E-state index is -0.605. The molecular weight excluding hydrogens is 324 g/mol. The standard InChI is InChI=1S/C18H30N2O5/c1-5-9-24-18(22)20-14-10-12(17(21)23-8-4)11-15(16(14)19)25-13(6-2)7-3/h5,11,13-16H,1,6-10,19H2,2-4H3,(H,20,22)/t14-,15+,16+/m0/s1. The highest BCUT2D eigenvalue weighted by Crippen LogP contribution is 2.24. The zero-order valence-corrected chi connectivity index (χ0v) is 15.3. The van der Waals surface area contributed by atoms with Crippen LogP contribution >= 0.6 is 0 Å². The van der Waals surface area contributed by atoms with E-state index in [2.05, 4.69) is 11.9 Å². The first-order valence-corrected chi connectivity index (χ1v) is 8.79. The Labute approximate surface area is 149 Å². The Hall–Kier alpha value is -1.86. The number of amides is 1. The maximum atomic E-state index is 12.1. The average Bonchev–Trinajstić information content (AvgIpc) is 2.60. The van der Waals surface area contributed by atoms with Gasteiger partial charge in [0, 0.05) is 12.0 Å². The predicted molar refractivity (Wildman–Crippen MR) is 95.0 cm³/mol. The summed E-state index contributed by atoms with van der Waals surface area (Å²) in [6.45, 7) is 9.67. The van der Waals surface area contributed by atoms with Gasteiger partial charge in [-0.2, -0.15) is 0 Å². The number of alkyl carbamates (subject to hydrolysis) is 1. The van der Waals surface area contributed by atoms with Crippen molar-refractivity contribution in [3.63, 3.8) is 0 Å². The van der Waals surface area contributed by atoms with E-state index in [-0.39, 0.29) is 25.7 Å². The molecule has 0 saturated heterocycles. The molecule has 0 radical (unpaired) electrons. The Kier molecular flexibility index (Phi) is 9.23. The van der Waals surface area contributed by atoms with Crippen molar-refractivity contribution in [3.05, 3.63) is 24.3 Å². The van der Waals surface area contributed by atoms with Crippen molar-refractivity contribution in [3.8, 4) is 0 Å². The number of nitrogens with one attached hydrogen (secondary N) is 1. The Morgan fingerprint density at radius 2 is 2.04 bits per heavy atom. The van der Waals surface area contributed by atoms with Crippen molar-refractivity contribution in [1.29, 1.82) is 0 Å². The van der Waals surface area contributed by atoms with Crippen LogP contribution in [-0.4, -0.2) is 49.6 Å². The summed E-state index contributed by atoms with van der Waals surface area (Å²) in [5.74, 6) is -0.418. The Morgan fingerprint density at radius 3 is 2.60 bits per heavy atom. The molecule has 0 bridgehead atoms. The lowest BCUT2D eigenvalue weighted by atomic mass is 9.88. The largest absolute Gasteiger partial charge is 0.463 e. The maximum Gasteiger partial charge on any atom is 0.407 e. The second-order valence-corrected chi connectivity index (χ2v) is 5.87. The number of hydrogen-bond donors (Lipinski definition) is 2. The van der Waals surface area contributed by atoms with Crippen molar-refractivity contribution in [2.75, 3.05) is 13.2 Å². The van der Waals surface area contributed by atoms with E-state index in [4.69, 9.17) is 19.9 Å². The first-order valence-electron chi connectivity index (χ1n) is 8.79. The number of rotatable bonds is 9. The van der Waals surface area contributed by atoms with E-state index in [9.17, 15) is 9.59 Å². The Balaban J connectivity index is 2.92. The van der Waals surface area contributed by atoms with Gasteiger partial charge in [0.1, 0.15) is 6.61 Å². The van der Waals surface area contributed by atoms with Crippen LogP contribution in [0.5, 0.6) is 0 Å². The van der Waals surface area contributed by atoms with Gasteiger partial charge in [0.25, 0.3) is 0 Å². The van der Waals surface area contributed by atoms with Crippen molar-refractivity contribution < 1.29 is 23.8 Å². The molecule has 1 amide bonds. The van der Waals surface area contributed by atoms with E-state index in [1.54, 1.807) is 13.0 Å². The highest BCUT2D eigenvalue weighted by molar-refractivity contribution is 5.89. The second kappa shape index (κ2) is 10.9. The van der Waals surface area contributed by atoms with E-state index in [1.165, 1.54) is 6.08 Å². The molecule has 0 unspecified atom stereocenters. The second-order valence-electron chi connectivity index (χ2n) is 5.87. The molecule has 3 atom stereocenters. The van der Waals surface area contributed by atoms with Gasteiger partial charge in [-0.05, 0) is 25.8 Å². The number of hydrogen-bond acceptors (Lipinski definition) is 6. The summed E-state index contributed by atoms with van der Waals surface area (Å²) in [5.41, 5.74) is 6.73. The van der Waals surface area contributed by atoms with Crippen LogP contribution in [0.2, 0.25) is 0 Å². The lowest BCUT2D eigenvalue weighted by Gasteiger charge is -2.36. The van der Waals surface area contributed by atoms with Gasteiger partial charge in [-0.15, -0.1) is 0 Å². The lowest BCUT2D eigenvalue weighted by molar-refractivity contribution is -0.139. The van der Waals surface area contributed by atoms with Gasteiger partial charge in [-0.1, -0.05) is 26.5 Å². The number of esters is 1. The van der Waals surface area contributed by atoms with Crippen molar-refractivity contribution in [2.45, 2.75) is 64.3 Å². The van der Waals surface area contributed by atoms with Gasteiger partial charge in [-0.3, -0.25) is 0 Å². The molecule has 0 aromatic carbocycles. The van der Waals surface area contributed by atoms with E-state index in [0.717, 1.165) is 12.8 Å². The molecule has 0 aromatic rings.